The number of ether oxygens (including phenoxy) is 1. The normalized spacial score (nSPS) is 17.5. The second kappa shape index (κ2) is 6.70. The van der Waals surface area contributed by atoms with Crippen LogP contribution in [0.4, 0.5) is 0 Å². The number of carbonyl (C=O) groups excluding carboxylic acids is 1. The van der Waals surface area contributed by atoms with Crippen molar-refractivity contribution in [3.05, 3.63) is 47.7 Å². The van der Waals surface area contributed by atoms with Gasteiger partial charge in [-0.2, -0.15) is 10.1 Å². The van der Waals surface area contributed by atoms with E-state index in [1.165, 1.54) is 6.33 Å². The average molecular weight is 352 g/mol. The van der Waals surface area contributed by atoms with Crippen LogP contribution in [0.15, 0.2) is 30.7 Å². The summed E-state index contributed by atoms with van der Waals surface area (Å²) in [7, 11) is 1.56. The topological polar surface area (TPSA) is 85.5 Å². The molecule has 0 N–H and O–H groups in total. The lowest BCUT2D eigenvalue weighted by Gasteiger charge is -2.33. The molecule has 0 aliphatic carbocycles. The van der Waals surface area contributed by atoms with Crippen LogP contribution in [0.1, 0.15) is 40.5 Å². The van der Waals surface area contributed by atoms with Crippen LogP contribution in [-0.4, -0.2) is 55.6 Å². The van der Waals surface area contributed by atoms with Gasteiger partial charge in [0.05, 0.1) is 18.4 Å². The van der Waals surface area contributed by atoms with Gasteiger partial charge in [-0.05, 0) is 31.9 Å². The lowest BCUT2D eigenvalue weighted by molar-refractivity contribution is 0.0704. The van der Waals surface area contributed by atoms with E-state index in [9.17, 15) is 4.79 Å². The van der Waals surface area contributed by atoms with Gasteiger partial charge in [-0.25, -0.2) is 14.5 Å². The van der Waals surface area contributed by atoms with Crippen LogP contribution in [0.5, 0.6) is 5.88 Å². The molecule has 1 atom stereocenters. The number of piperidine rings is 1. The van der Waals surface area contributed by atoms with Crippen molar-refractivity contribution in [3.8, 4) is 5.88 Å². The maximum Gasteiger partial charge on any atom is 0.255 e. The van der Waals surface area contributed by atoms with Gasteiger partial charge in [0.2, 0.25) is 5.88 Å². The van der Waals surface area contributed by atoms with Crippen LogP contribution in [0, 0.1) is 6.92 Å². The molecule has 134 valence electrons. The van der Waals surface area contributed by atoms with Gasteiger partial charge in [0.1, 0.15) is 6.33 Å². The fourth-order valence-electron chi connectivity index (χ4n) is 3.46. The van der Waals surface area contributed by atoms with E-state index < -0.39 is 0 Å². The summed E-state index contributed by atoms with van der Waals surface area (Å²) in [4.78, 5) is 27.5. The Balaban J connectivity index is 1.58. The van der Waals surface area contributed by atoms with Gasteiger partial charge in [0.15, 0.2) is 0 Å². The first-order chi connectivity index (χ1) is 12.7. The number of amides is 1. The zero-order valence-electron chi connectivity index (χ0n) is 14.8. The molecule has 1 aliphatic rings. The molecular formula is C18H20N6O2. The summed E-state index contributed by atoms with van der Waals surface area (Å²) in [6.07, 6.45) is 5.03. The SMILES string of the molecule is COc1ccc(C(=O)N2CCCC(c3cc(C)nc4ncnn34)C2)cn1. The highest BCUT2D eigenvalue weighted by molar-refractivity contribution is 5.94. The van der Waals surface area contributed by atoms with Crippen molar-refractivity contribution in [2.24, 2.45) is 0 Å². The monoisotopic (exact) mass is 352 g/mol. The smallest absolute Gasteiger partial charge is 0.255 e. The van der Waals surface area contributed by atoms with Gasteiger partial charge in [0, 0.05) is 37.0 Å². The van der Waals surface area contributed by atoms with E-state index in [2.05, 4.69) is 20.1 Å². The number of pyridine rings is 1. The Kier molecular flexibility index (Phi) is 4.24. The van der Waals surface area contributed by atoms with Crippen molar-refractivity contribution in [2.45, 2.75) is 25.7 Å². The fourth-order valence-corrected chi connectivity index (χ4v) is 3.46. The van der Waals surface area contributed by atoms with Crippen molar-refractivity contribution in [2.75, 3.05) is 20.2 Å². The molecule has 1 fully saturated rings. The minimum atomic E-state index is -0.00883. The standard InChI is InChI=1S/C18H20N6O2/c1-12-8-15(24-18(22-12)20-11-21-24)14-4-3-7-23(10-14)17(25)13-5-6-16(26-2)19-9-13/h5-6,8-9,11,14H,3-4,7,10H2,1-2H3. The van der Waals surface area contributed by atoms with E-state index in [0.29, 0.717) is 23.8 Å². The first-order valence-corrected chi connectivity index (χ1v) is 8.62. The summed E-state index contributed by atoms with van der Waals surface area (Å²) in [6.45, 7) is 3.34. The highest BCUT2D eigenvalue weighted by Gasteiger charge is 2.27. The molecule has 0 radical (unpaired) electrons. The van der Waals surface area contributed by atoms with Crippen molar-refractivity contribution >= 4 is 11.7 Å². The molecule has 4 rings (SSSR count). The number of hydrogen-bond donors (Lipinski definition) is 0. The third-order valence-corrected chi connectivity index (χ3v) is 4.73. The van der Waals surface area contributed by atoms with Crippen LogP contribution < -0.4 is 4.74 Å². The fraction of sp³-hybridized carbons (Fsp3) is 0.389. The molecule has 3 aromatic heterocycles. The van der Waals surface area contributed by atoms with Gasteiger partial charge >= 0.3 is 0 Å². The largest absolute Gasteiger partial charge is 0.481 e. The minimum absolute atomic E-state index is 0.00883. The van der Waals surface area contributed by atoms with Crippen molar-refractivity contribution in [3.63, 3.8) is 0 Å². The summed E-state index contributed by atoms with van der Waals surface area (Å²) >= 11 is 0. The molecule has 0 bridgehead atoms. The second-order valence-electron chi connectivity index (χ2n) is 6.47. The second-order valence-corrected chi connectivity index (χ2v) is 6.47. The number of methoxy groups -OCH3 is 1. The number of rotatable bonds is 3. The van der Waals surface area contributed by atoms with Gasteiger partial charge in [-0.1, -0.05) is 0 Å². The summed E-state index contributed by atoms with van der Waals surface area (Å²) in [6, 6.07) is 5.50. The zero-order chi connectivity index (χ0) is 18.1. The van der Waals surface area contributed by atoms with E-state index in [1.807, 2.05) is 17.9 Å². The minimum Gasteiger partial charge on any atom is -0.481 e. The molecule has 4 heterocycles. The number of hydrogen-bond acceptors (Lipinski definition) is 6. The molecule has 0 aromatic carbocycles. The Labute approximate surface area is 150 Å². The predicted molar refractivity (Wildman–Crippen MR) is 94.2 cm³/mol. The van der Waals surface area contributed by atoms with Crippen molar-refractivity contribution in [1.29, 1.82) is 0 Å². The molecule has 1 amide bonds. The van der Waals surface area contributed by atoms with Crippen LogP contribution in [0.2, 0.25) is 0 Å². The van der Waals surface area contributed by atoms with E-state index in [-0.39, 0.29) is 11.8 Å². The summed E-state index contributed by atoms with van der Waals surface area (Å²) in [5.41, 5.74) is 2.53. The molecule has 0 spiro atoms. The van der Waals surface area contributed by atoms with E-state index >= 15 is 0 Å². The van der Waals surface area contributed by atoms with E-state index in [4.69, 9.17) is 4.74 Å². The third kappa shape index (κ3) is 2.98. The number of carbonyl (C=O) groups is 1. The Hall–Kier alpha value is -3.03. The van der Waals surface area contributed by atoms with Gasteiger partial charge in [-0.15, -0.1) is 0 Å². The van der Waals surface area contributed by atoms with Gasteiger partial charge in [-0.3, -0.25) is 4.79 Å². The quantitative estimate of drug-likeness (QED) is 0.715. The van der Waals surface area contributed by atoms with E-state index in [1.54, 1.807) is 30.0 Å². The van der Waals surface area contributed by atoms with Gasteiger partial charge in [0.25, 0.3) is 11.7 Å². The lowest BCUT2D eigenvalue weighted by Crippen LogP contribution is -2.39. The number of aromatic nitrogens is 5. The Bertz CT molecular complexity index is 937. The van der Waals surface area contributed by atoms with Crippen molar-refractivity contribution in [1.82, 2.24) is 29.5 Å². The molecule has 1 aliphatic heterocycles. The molecule has 8 nitrogen and oxygen atoms in total. The summed E-state index contributed by atoms with van der Waals surface area (Å²) < 4.78 is 6.83. The highest BCUT2D eigenvalue weighted by Crippen LogP contribution is 2.28. The Morgan fingerprint density at radius 3 is 2.96 bits per heavy atom. The first-order valence-electron chi connectivity index (χ1n) is 8.62. The maximum atomic E-state index is 12.9. The summed E-state index contributed by atoms with van der Waals surface area (Å²) in [5.74, 6) is 1.29. The molecule has 26 heavy (non-hydrogen) atoms. The molecule has 1 unspecified atom stereocenters. The highest BCUT2D eigenvalue weighted by atomic mass is 16.5. The number of aryl methyl sites for hydroxylation is 1. The average Bonchev–Trinajstić information content (AvgIpc) is 3.15. The first kappa shape index (κ1) is 16.4. The maximum absolute atomic E-state index is 12.9. The molecule has 0 saturated carbocycles. The summed E-state index contributed by atoms with van der Waals surface area (Å²) in [5, 5.41) is 4.30. The zero-order valence-corrected chi connectivity index (χ0v) is 14.8. The van der Waals surface area contributed by atoms with Crippen LogP contribution in [0.3, 0.4) is 0 Å². The van der Waals surface area contributed by atoms with Crippen molar-refractivity contribution < 1.29 is 9.53 Å². The molecule has 8 heteroatoms. The van der Waals surface area contributed by atoms with Crippen LogP contribution in [-0.2, 0) is 0 Å². The number of fused-ring (bicyclic) bond motifs is 1. The Morgan fingerprint density at radius 2 is 2.19 bits per heavy atom. The molecule has 1 saturated heterocycles. The number of likely N-dealkylation sites (tertiary alicyclic amines) is 1. The van der Waals surface area contributed by atoms with Crippen LogP contribution in [0.25, 0.3) is 5.78 Å². The molecule has 3 aromatic rings. The Morgan fingerprint density at radius 1 is 1.31 bits per heavy atom. The lowest BCUT2D eigenvalue weighted by atomic mass is 9.93. The third-order valence-electron chi connectivity index (χ3n) is 4.73. The van der Waals surface area contributed by atoms with Crippen LogP contribution >= 0.6 is 0 Å². The van der Waals surface area contributed by atoms with Gasteiger partial charge < -0.3 is 9.64 Å². The molecular weight excluding hydrogens is 332 g/mol. The predicted octanol–water partition coefficient (Wildman–Crippen LogP) is 1.86. The van der Waals surface area contributed by atoms with E-state index in [0.717, 1.165) is 30.8 Å². The number of nitrogens with zero attached hydrogens (tertiary/aromatic N) is 6.